The molecule has 0 heterocycles. The number of carbonyl (C=O) groups is 1. The quantitative estimate of drug-likeness (QED) is 0.821. The Morgan fingerprint density at radius 3 is 2.76 bits per heavy atom. The van der Waals surface area contributed by atoms with Gasteiger partial charge in [0, 0.05) is 12.7 Å². The summed E-state index contributed by atoms with van der Waals surface area (Å²) >= 11 is 0. The molecule has 0 saturated carbocycles. The van der Waals surface area contributed by atoms with E-state index in [1.165, 1.54) is 6.07 Å². The minimum absolute atomic E-state index is 0.00375. The van der Waals surface area contributed by atoms with Crippen LogP contribution in [0.4, 0.5) is 0 Å². The fraction of sp³-hybridized carbons (Fsp3) is 0.462. The van der Waals surface area contributed by atoms with Crippen LogP contribution in [0.5, 0.6) is 5.75 Å². The summed E-state index contributed by atoms with van der Waals surface area (Å²) < 4.78 is 5.01. The summed E-state index contributed by atoms with van der Waals surface area (Å²) in [5.74, 6) is -0.0540. The van der Waals surface area contributed by atoms with E-state index in [9.17, 15) is 9.90 Å². The monoisotopic (exact) mass is 237 g/mol. The Balaban J connectivity index is 2.72. The lowest BCUT2D eigenvalue weighted by Crippen LogP contribution is -2.37. The second-order valence-corrected chi connectivity index (χ2v) is 4.04. The molecule has 0 saturated heterocycles. The zero-order chi connectivity index (χ0) is 12.8. The number of methoxy groups -OCH3 is 1. The Morgan fingerprint density at radius 1 is 1.53 bits per heavy atom. The molecule has 1 unspecified atom stereocenters. The molecule has 1 rings (SSSR count). The SMILES string of the molecule is CCC(COC)NC(=O)c1ccc(C)c(O)c1. The van der Waals surface area contributed by atoms with E-state index in [4.69, 9.17) is 4.74 Å². The number of amides is 1. The molecule has 0 aromatic heterocycles. The maximum atomic E-state index is 11.9. The van der Waals surface area contributed by atoms with Crippen LogP contribution in [0.15, 0.2) is 18.2 Å². The Kier molecular flexibility index (Phi) is 4.97. The molecule has 0 aliphatic carbocycles. The summed E-state index contributed by atoms with van der Waals surface area (Å²) in [5.41, 5.74) is 1.22. The molecule has 0 spiro atoms. The van der Waals surface area contributed by atoms with Gasteiger partial charge in [-0.05, 0) is 31.0 Å². The first-order valence-corrected chi connectivity index (χ1v) is 5.67. The van der Waals surface area contributed by atoms with E-state index in [0.29, 0.717) is 12.2 Å². The topological polar surface area (TPSA) is 58.6 Å². The van der Waals surface area contributed by atoms with Crippen LogP contribution in [0.25, 0.3) is 0 Å². The highest BCUT2D eigenvalue weighted by molar-refractivity contribution is 5.94. The average Bonchev–Trinajstić information content (AvgIpc) is 2.31. The molecule has 0 bridgehead atoms. The molecular formula is C13H19NO3. The predicted molar refractivity (Wildman–Crippen MR) is 66.3 cm³/mol. The Bertz CT molecular complexity index is 390. The van der Waals surface area contributed by atoms with Gasteiger partial charge >= 0.3 is 0 Å². The van der Waals surface area contributed by atoms with Gasteiger partial charge in [0.05, 0.1) is 12.6 Å². The number of ether oxygens (including phenoxy) is 1. The first-order valence-electron chi connectivity index (χ1n) is 5.67. The van der Waals surface area contributed by atoms with Gasteiger partial charge in [0.15, 0.2) is 0 Å². The fourth-order valence-corrected chi connectivity index (χ4v) is 1.48. The highest BCUT2D eigenvalue weighted by Crippen LogP contribution is 2.17. The molecule has 17 heavy (non-hydrogen) atoms. The lowest BCUT2D eigenvalue weighted by molar-refractivity contribution is 0.0894. The van der Waals surface area contributed by atoms with Crippen molar-refractivity contribution in [3.8, 4) is 5.75 Å². The molecule has 0 fully saturated rings. The smallest absolute Gasteiger partial charge is 0.251 e. The zero-order valence-corrected chi connectivity index (χ0v) is 10.5. The lowest BCUT2D eigenvalue weighted by Gasteiger charge is -2.16. The van der Waals surface area contributed by atoms with Crippen molar-refractivity contribution in [3.05, 3.63) is 29.3 Å². The van der Waals surface area contributed by atoms with Crippen molar-refractivity contribution >= 4 is 5.91 Å². The van der Waals surface area contributed by atoms with Crippen LogP contribution in [-0.4, -0.2) is 30.8 Å². The molecule has 1 aromatic carbocycles. The molecule has 94 valence electrons. The van der Waals surface area contributed by atoms with Crippen LogP contribution in [0, 0.1) is 6.92 Å². The van der Waals surface area contributed by atoms with Gasteiger partial charge in [-0.2, -0.15) is 0 Å². The molecule has 1 amide bonds. The van der Waals surface area contributed by atoms with Gasteiger partial charge < -0.3 is 15.2 Å². The molecule has 4 nitrogen and oxygen atoms in total. The summed E-state index contributed by atoms with van der Waals surface area (Å²) in [5, 5.41) is 12.4. The Morgan fingerprint density at radius 2 is 2.24 bits per heavy atom. The maximum absolute atomic E-state index is 11.9. The second-order valence-electron chi connectivity index (χ2n) is 4.04. The number of aryl methyl sites for hydroxylation is 1. The lowest BCUT2D eigenvalue weighted by atomic mass is 10.1. The van der Waals surface area contributed by atoms with Crippen LogP contribution in [0.2, 0.25) is 0 Å². The Hall–Kier alpha value is -1.55. The molecule has 4 heteroatoms. The molecule has 0 aliphatic rings. The maximum Gasteiger partial charge on any atom is 0.251 e. The standard InChI is InChI=1S/C13H19NO3/c1-4-11(8-17-3)14-13(16)10-6-5-9(2)12(15)7-10/h5-7,11,15H,4,8H2,1-3H3,(H,14,16). The summed E-state index contributed by atoms with van der Waals surface area (Å²) in [6.07, 6.45) is 0.803. The second kappa shape index (κ2) is 6.25. The molecule has 2 N–H and O–H groups in total. The average molecular weight is 237 g/mol. The van der Waals surface area contributed by atoms with Crippen molar-refractivity contribution in [2.75, 3.05) is 13.7 Å². The van der Waals surface area contributed by atoms with Gasteiger partial charge in [0.2, 0.25) is 0 Å². The third-order valence-electron chi connectivity index (χ3n) is 2.67. The summed E-state index contributed by atoms with van der Waals surface area (Å²) in [6, 6.07) is 4.89. The van der Waals surface area contributed by atoms with E-state index < -0.39 is 0 Å². The number of benzene rings is 1. The molecule has 1 aromatic rings. The molecule has 0 radical (unpaired) electrons. The van der Waals surface area contributed by atoms with Crippen LogP contribution in [-0.2, 0) is 4.74 Å². The van der Waals surface area contributed by atoms with E-state index in [1.54, 1.807) is 26.2 Å². The first-order chi connectivity index (χ1) is 8.08. The summed E-state index contributed by atoms with van der Waals surface area (Å²) in [4.78, 5) is 11.9. The number of aromatic hydroxyl groups is 1. The minimum atomic E-state index is -0.191. The largest absolute Gasteiger partial charge is 0.508 e. The number of phenolic OH excluding ortho intramolecular Hbond substituents is 1. The normalized spacial score (nSPS) is 12.2. The van der Waals surface area contributed by atoms with Crippen molar-refractivity contribution < 1.29 is 14.6 Å². The van der Waals surface area contributed by atoms with Crippen LogP contribution >= 0.6 is 0 Å². The fourth-order valence-electron chi connectivity index (χ4n) is 1.48. The predicted octanol–water partition coefficient (Wildman–Crippen LogP) is 1.86. The highest BCUT2D eigenvalue weighted by Gasteiger charge is 2.12. The molecule has 0 aliphatic heterocycles. The summed E-state index contributed by atoms with van der Waals surface area (Å²) in [7, 11) is 1.60. The van der Waals surface area contributed by atoms with Gasteiger partial charge in [-0.25, -0.2) is 0 Å². The number of rotatable bonds is 5. The van der Waals surface area contributed by atoms with E-state index in [1.807, 2.05) is 6.92 Å². The van der Waals surface area contributed by atoms with Crippen LogP contribution in [0.1, 0.15) is 29.3 Å². The van der Waals surface area contributed by atoms with E-state index in [2.05, 4.69) is 5.32 Å². The number of carbonyl (C=O) groups excluding carboxylic acids is 1. The van der Waals surface area contributed by atoms with Crippen molar-refractivity contribution in [2.45, 2.75) is 26.3 Å². The van der Waals surface area contributed by atoms with Crippen LogP contribution < -0.4 is 5.32 Å². The third kappa shape index (κ3) is 3.75. The van der Waals surface area contributed by atoms with Gasteiger partial charge in [-0.1, -0.05) is 13.0 Å². The van der Waals surface area contributed by atoms with E-state index in [-0.39, 0.29) is 17.7 Å². The van der Waals surface area contributed by atoms with Crippen molar-refractivity contribution in [2.24, 2.45) is 0 Å². The van der Waals surface area contributed by atoms with Crippen molar-refractivity contribution in [1.82, 2.24) is 5.32 Å². The zero-order valence-electron chi connectivity index (χ0n) is 10.5. The summed E-state index contributed by atoms with van der Waals surface area (Å²) in [6.45, 7) is 4.26. The number of hydrogen-bond acceptors (Lipinski definition) is 3. The molecular weight excluding hydrogens is 218 g/mol. The van der Waals surface area contributed by atoms with Gasteiger partial charge in [0.1, 0.15) is 5.75 Å². The number of nitrogens with one attached hydrogen (secondary N) is 1. The molecule has 1 atom stereocenters. The van der Waals surface area contributed by atoms with E-state index >= 15 is 0 Å². The van der Waals surface area contributed by atoms with Crippen molar-refractivity contribution in [3.63, 3.8) is 0 Å². The number of phenols is 1. The number of hydrogen-bond donors (Lipinski definition) is 2. The van der Waals surface area contributed by atoms with E-state index in [0.717, 1.165) is 12.0 Å². The van der Waals surface area contributed by atoms with Gasteiger partial charge in [-0.15, -0.1) is 0 Å². The minimum Gasteiger partial charge on any atom is -0.508 e. The highest BCUT2D eigenvalue weighted by atomic mass is 16.5. The van der Waals surface area contributed by atoms with Crippen molar-refractivity contribution in [1.29, 1.82) is 0 Å². The Labute approximate surface area is 102 Å². The van der Waals surface area contributed by atoms with Gasteiger partial charge in [-0.3, -0.25) is 4.79 Å². The first kappa shape index (κ1) is 13.5. The third-order valence-corrected chi connectivity index (χ3v) is 2.67. The van der Waals surface area contributed by atoms with Crippen LogP contribution in [0.3, 0.4) is 0 Å². The van der Waals surface area contributed by atoms with Gasteiger partial charge in [0.25, 0.3) is 5.91 Å².